The molecule has 6 nitrogen and oxygen atoms in total. The molecular weight excluding hydrogens is 412 g/mol. The van der Waals surface area contributed by atoms with Crippen molar-refractivity contribution in [3.05, 3.63) is 53.1 Å². The molecule has 0 bridgehead atoms. The number of benzene rings is 2. The number of nitrogens with one attached hydrogen (secondary N) is 1. The smallest absolute Gasteiger partial charge is 0.226 e. The molecular formula is C21H23ClN2O4S. The number of nitrogens with zero attached hydrogens (tertiary/aromatic N) is 1. The van der Waals surface area contributed by atoms with Gasteiger partial charge in [-0.15, -0.1) is 0 Å². The summed E-state index contributed by atoms with van der Waals surface area (Å²) in [5.41, 5.74) is 2.17. The molecule has 0 saturated carbocycles. The van der Waals surface area contributed by atoms with Gasteiger partial charge in [0, 0.05) is 35.3 Å². The summed E-state index contributed by atoms with van der Waals surface area (Å²) < 4.78 is 25.4. The number of amides is 2. The minimum absolute atomic E-state index is 0.000516. The average molecular weight is 435 g/mol. The molecule has 1 heterocycles. The average Bonchev–Trinajstić information content (AvgIpc) is 3.02. The van der Waals surface area contributed by atoms with Crippen molar-refractivity contribution < 1.29 is 18.0 Å². The first-order valence-electron chi connectivity index (χ1n) is 9.44. The molecule has 1 aliphatic heterocycles. The van der Waals surface area contributed by atoms with Crippen LogP contribution in [0.25, 0.3) is 0 Å². The van der Waals surface area contributed by atoms with Crippen molar-refractivity contribution in [2.45, 2.75) is 44.0 Å². The largest absolute Gasteiger partial charge is 0.326 e. The van der Waals surface area contributed by atoms with Gasteiger partial charge in [0.15, 0.2) is 9.84 Å². The molecule has 29 heavy (non-hydrogen) atoms. The number of carbonyl (C=O) groups excluding carboxylic acids is 2. The van der Waals surface area contributed by atoms with Crippen LogP contribution in [0.2, 0.25) is 5.02 Å². The lowest BCUT2D eigenvalue weighted by molar-refractivity contribution is -0.118. The minimum atomic E-state index is -3.62. The number of fused-ring (bicyclic) bond motifs is 1. The molecule has 2 aromatic carbocycles. The zero-order chi connectivity index (χ0) is 21.2. The van der Waals surface area contributed by atoms with E-state index >= 15 is 0 Å². The van der Waals surface area contributed by atoms with Crippen molar-refractivity contribution in [3.8, 4) is 0 Å². The highest BCUT2D eigenvalue weighted by Gasteiger charge is 2.31. The van der Waals surface area contributed by atoms with Crippen molar-refractivity contribution in [3.63, 3.8) is 0 Å². The van der Waals surface area contributed by atoms with E-state index in [2.05, 4.69) is 5.32 Å². The van der Waals surface area contributed by atoms with Crippen molar-refractivity contribution in [1.29, 1.82) is 0 Å². The molecule has 0 radical (unpaired) electrons. The highest BCUT2D eigenvalue weighted by molar-refractivity contribution is 7.91. The van der Waals surface area contributed by atoms with Crippen LogP contribution in [0.1, 0.15) is 32.3 Å². The molecule has 2 aromatic rings. The Morgan fingerprint density at radius 2 is 1.86 bits per heavy atom. The predicted octanol–water partition coefficient (Wildman–Crippen LogP) is 3.83. The maximum absolute atomic E-state index is 12.7. The normalized spacial score (nSPS) is 15.8. The lowest BCUT2D eigenvalue weighted by Gasteiger charge is -2.22. The molecule has 3 rings (SSSR count). The Morgan fingerprint density at radius 3 is 2.52 bits per heavy atom. The number of sulfone groups is 1. The molecule has 2 amide bonds. The molecule has 154 valence electrons. The second kappa shape index (κ2) is 8.55. The predicted molar refractivity (Wildman–Crippen MR) is 114 cm³/mol. The van der Waals surface area contributed by atoms with Gasteiger partial charge < -0.3 is 10.2 Å². The lowest BCUT2D eigenvalue weighted by Crippen LogP contribution is -2.35. The van der Waals surface area contributed by atoms with Gasteiger partial charge in [-0.3, -0.25) is 9.59 Å². The SMILES string of the molecule is CCC(=O)N1c2ccc(S(=O)(=O)CCC(=O)Nc3ccc(Cl)cc3)cc2CC1C. The van der Waals surface area contributed by atoms with E-state index in [4.69, 9.17) is 11.6 Å². The summed E-state index contributed by atoms with van der Waals surface area (Å²) >= 11 is 5.81. The Bertz CT molecular complexity index is 1040. The number of anilines is 2. The quantitative estimate of drug-likeness (QED) is 0.748. The number of rotatable bonds is 6. The van der Waals surface area contributed by atoms with E-state index in [0.717, 1.165) is 11.3 Å². The van der Waals surface area contributed by atoms with Gasteiger partial charge in [-0.2, -0.15) is 0 Å². The maximum Gasteiger partial charge on any atom is 0.226 e. The van der Waals surface area contributed by atoms with Gasteiger partial charge >= 0.3 is 0 Å². The Kier molecular flexibility index (Phi) is 6.29. The number of hydrogen-bond donors (Lipinski definition) is 1. The minimum Gasteiger partial charge on any atom is -0.326 e. The first-order valence-corrected chi connectivity index (χ1v) is 11.5. The lowest BCUT2D eigenvalue weighted by atomic mass is 10.1. The fraction of sp³-hybridized carbons (Fsp3) is 0.333. The third-order valence-corrected chi connectivity index (χ3v) is 6.89. The zero-order valence-electron chi connectivity index (χ0n) is 16.3. The summed E-state index contributed by atoms with van der Waals surface area (Å²) in [5.74, 6) is -0.658. The summed E-state index contributed by atoms with van der Waals surface area (Å²) in [7, 11) is -3.62. The Labute approximate surface area is 175 Å². The summed E-state index contributed by atoms with van der Waals surface area (Å²) in [6.07, 6.45) is 0.854. The van der Waals surface area contributed by atoms with Gasteiger partial charge in [0.05, 0.1) is 10.6 Å². The Balaban J connectivity index is 1.69. The topological polar surface area (TPSA) is 83.6 Å². The van der Waals surface area contributed by atoms with Gasteiger partial charge in [0.25, 0.3) is 0 Å². The molecule has 1 atom stereocenters. The molecule has 8 heteroatoms. The molecule has 1 aliphatic rings. The molecule has 1 unspecified atom stereocenters. The summed E-state index contributed by atoms with van der Waals surface area (Å²) in [4.78, 5) is 26.2. The zero-order valence-corrected chi connectivity index (χ0v) is 17.9. The van der Waals surface area contributed by atoms with Crippen LogP contribution in [0.15, 0.2) is 47.4 Å². The number of halogens is 1. The first-order chi connectivity index (χ1) is 13.7. The van der Waals surface area contributed by atoms with Crippen LogP contribution >= 0.6 is 11.6 Å². The number of hydrogen-bond acceptors (Lipinski definition) is 4. The molecule has 0 spiro atoms. The Hall–Kier alpha value is -2.38. The third kappa shape index (κ3) is 4.79. The van der Waals surface area contributed by atoms with E-state index in [0.29, 0.717) is 23.6 Å². The van der Waals surface area contributed by atoms with E-state index in [1.165, 1.54) is 6.07 Å². The second-order valence-corrected chi connectivity index (χ2v) is 9.63. The van der Waals surface area contributed by atoms with Crippen LogP contribution in [0, 0.1) is 0 Å². The highest BCUT2D eigenvalue weighted by Crippen LogP contribution is 2.34. The fourth-order valence-electron chi connectivity index (χ4n) is 3.45. The van der Waals surface area contributed by atoms with Gasteiger partial charge in [-0.25, -0.2) is 8.42 Å². The fourth-order valence-corrected chi connectivity index (χ4v) is 4.87. The van der Waals surface area contributed by atoms with Crippen molar-refractivity contribution >= 4 is 44.6 Å². The van der Waals surface area contributed by atoms with E-state index in [-0.39, 0.29) is 34.9 Å². The van der Waals surface area contributed by atoms with Gasteiger partial charge in [-0.05, 0) is 61.4 Å². The Morgan fingerprint density at radius 1 is 1.17 bits per heavy atom. The standard InChI is InChI=1S/C21H23ClN2O4S/c1-3-21(26)24-14(2)12-15-13-18(8-9-19(15)24)29(27,28)11-10-20(25)23-17-6-4-16(22)5-7-17/h4-9,13-14H,3,10-12H2,1-2H3,(H,23,25). The second-order valence-electron chi connectivity index (χ2n) is 7.08. The molecule has 0 aliphatic carbocycles. The van der Waals surface area contributed by atoms with Crippen LogP contribution in [-0.2, 0) is 25.8 Å². The van der Waals surface area contributed by atoms with Crippen LogP contribution < -0.4 is 10.2 Å². The maximum atomic E-state index is 12.7. The van der Waals surface area contributed by atoms with E-state index in [1.54, 1.807) is 48.2 Å². The first kappa shape index (κ1) is 21.3. The molecule has 0 saturated heterocycles. The molecule has 0 aromatic heterocycles. The van der Waals surface area contributed by atoms with Crippen molar-refractivity contribution in [2.75, 3.05) is 16.0 Å². The van der Waals surface area contributed by atoms with E-state index in [9.17, 15) is 18.0 Å². The third-order valence-electron chi connectivity index (χ3n) is 4.92. The van der Waals surface area contributed by atoms with Gasteiger partial charge in [-0.1, -0.05) is 18.5 Å². The van der Waals surface area contributed by atoms with Crippen molar-refractivity contribution in [2.24, 2.45) is 0 Å². The van der Waals surface area contributed by atoms with Crippen LogP contribution in [0.4, 0.5) is 11.4 Å². The van der Waals surface area contributed by atoms with Crippen LogP contribution in [0.3, 0.4) is 0 Å². The van der Waals surface area contributed by atoms with Crippen LogP contribution in [-0.4, -0.2) is 32.0 Å². The van der Waals surface area contributed by atoms with Gasteiger partial charge in [0.2, 0.25) is 11.8 Å². The van der Waals surface area contributed by atoms with Crippen LogP contribution in [0.5, 0.6) is 0 Å². The molecule has 1 N–H and O–H groups in total. The van der Waals surface area contributed by atoms with Gasteiger partial charge in [0.1, 0.15) is 0 Å². The highest BCUT2D eigenvalue weighted by atomic mass is 35.5. The monoisotopic (exact) mass is 434 g/mol. The summed E-state index contributed by atoms with van der Waals surface area (Å²) in [5, 5.41) is 3.21. The van der Waals surface area contributed by atoms with E-state index in [1.807, 2.05) is 6.92 Å². The number of carbonyl (C=O) groups is 2. The summed E-state index contributed by atoms with van der Waals surface area (Å²) in [6.45, 7) is 3.75. The summed E-state index contributed by atoms with van der Waals surface area (Å²) in [6, 6.07) is 11.4. The van der Waals surface area contributed by atoms with Crippen molar-refractivity contribution in [1.82, 2.24) is 0 Å². The van der Waals surface area contributed by atoms with E-state index < -0.39 is 9.84 Å². The molecule has 0 fully saturated rings.